The van der Waals surface area contributed by atoms with Crippen molar-refractivity contribution in [3.63, 3.8) is 0 Å². The molecule has 26 heavy (non-hydrogen) atoms. The minimum Gasteiger partial charge on any atom is -0.326 e. The van der Waals surface area contributed by atoms with Crippen LogP contribution in [0.15, 0.2) is 53.4 Å². The van der Waals surface area contributed by atoms with E-state index in [2.05, 4.69) is 15.6 Å². The molecule has 3 aromatic rings. The molecule has 0 atom stereocenters. The van der Waals surface area contributed by atoms with Crippen molar-refractivity contribution >= 4 is 55.9 Å². The highest BCUT2D eigenvalue weighted by molar-refractivity contribution is 8.00. The Morgan fingerprint density at radius 3 is 2.77 bits per heavy atom. The lowest BCUT2D eigenvalue weighted by Crippen LogP contribution is -2.14. The molecule has 132 valence electrons. The zero-order valence-electron chi connectivity index (χ0n) is 13.9. The monoisotopic (exact) mass is 383 g/mol. The summed E-state index contributed by atoms with van der Waals surface area (Å²) in [6.45, 7) is 0. The van der Waals surface area contributed by atoms with Gasteiger partial charge in [-0.25, -0.2) is 4.98 Å². The zero-order chi connectivity index (χ0) is 17.9. The van der Waals surface area contributed by atoms with Crippen molar-refractivity contribution in [1.29, 1.82) is 0 Å². The Morgan fingerprint density at radius 1 is 1.12 bits per heavy atom. The molecule has 0 aliphatic heterocycles. The molecule has 7 heteroatoms. The fourth-order valence-electron chi connectivity index (χ4n) is 2.48. The van der Waals surface area contributed by atoms with Crippen LogP contribution in [-0.4, -0.2) is 22.6 Å². The Labute approximate surface area is 159 Å². The third kappa shape index (κ3) is 4.23. The van der Waals surface area contributed by atoms with Crippen molar-refractivity contribution in [3.8, 4) is 0 Å². The van der Waals surface area contributed by atoms with Gasteiger partial charge in [0.25, 0.3) is 0 Å². The number of fused-ring (bicyclic) bond motifs is 1. The average Bonchev–Trinajstić information content (AvgIpc) is 3.41. The highest BCUT2D eigenvalue weighted by Gasteiger charge is 2.29. The molecular formula is C19H17N3O2S2. The third-order valence-corrected chi connectivity index (χ3v) is 5.91. The minimum absolute atomic E-state index is 0.0840. The normalized spacial score (nSPS) is 13.5. The minimum atomic E-state index is -0.0959. The van der Waals surface area contributed by atoms with Gasteiger partial charge in [0.05, 0.1) is 16.0 Å². The van der Waals surface area contributed by atoms with Crippen LogP contribution in [0.4, 0.5) is 10.8 Å². The maximum atomic E-state index is 12.2. The number of thioether (sulfide) groups is 1. The van der Waals surface area contributed by atoms with E-state index in [0.29, 0.717) is 5.13 Å². The molecule has 1 aliphatic carbocycles. The van der Waals surface area contributed by atoms with Gasteiger partial charge in [-0.2, -0.15) is 0 Å². The first kappa shape index (κ1) is 17.1. The predicted molar refractivity (Wildman–Crippen MR) is 107 cm³/mol. The van der Waals surface area contributed by atoms with E-state index in [1.54, 1.807) is 0 Å². The first-order valence-electron chi connectivity index (χ1n) is 8.36. The van der Waals surface area contributed by atoms with Crippen molar-refractivity contribution in [2.24, 2.45) is 5.92 Å². The number of hydrogen-bond donors (Lipinski definition) is 2. The van der Waals surface area contributed by atoms with E-state index in [1.807, 2.05) is 48.5 Å². The van der Waals surface area contributed by atoms with Gasteiger partial charge in [-0.3, -0.25) is 9.59 Å². The molecule has 2 N–H and O–H groups in total. The summed E-state index contributed by atoms with van der Waals surface area (Å²) in [6.07, 6.45) is 1.96. The Balaban J connectivity index is 1.32. The highest BCUT2D eigenvalue weighted by atomic mass is 32.2. The molecule has 0 saturated heterocycles. The Kier molecular flexibility index (Phi) is 4.90. The Bertz CT molecular complexity index is 933. The maximum Gasteiger partial charge on any atom is 0.236 e. The number of anilines is 2. The first-order valence-corrected chi connectivity index (χ1v) is 10.2. The van der Waals surface area contributed by atoms with Gasteiger partial charge in [-0.15, -0.1) is 11.8 Å². The van der Waals surface area contributed by atoms with E-state index >= 15 is 0 Å². The number of para-hydroxylation sites is 1. The lowest BCUT2D eigenvalue weighted by molar-refractivity contribution is -0.117. The summed E-state index contributed by atoms with van der Waals surface area (Å²) in [6, 6.07) is 15.4. The summed E-state index contributed by atoms with van der Waals surface area (Å²) in [7, 11) is 0. The van der Waals surface area contributed by atoms with Gasteiger partial charge < -0.3 is 10.6 Å². The fraction of sp³-hybridized carbons (Fsp3) is 0.211. The van der Waals surface area contributed by atoms with Gasteiger partial charge in [-0.05, 0) is 43.2 Å². The summed E-state index contributed by atoms with van der Waals surface area (Å²) in [5, 5.41) is 6.39. The van der Waals surface area contributed by atoms with Crippen LogP contribution in [0, 0.1) is 5.92 Å². The van der Waals surface area contributed by atoms with E-state index in [-0.39, 0.29) is 23.5 Å². The summed E-state index contributed by atoms with van der Waals surface area (Å²) in [5.74, 6) is 0.448. The lowest BCUT2D eigenvalue weighted by atomic mass is 10.3. The smallest absolute Gasteiger partial charge is 0.236 e. The molecule has 0 radical (unpaired) electrons. The molecule has 0 spiro atoms. The van der Waals surface area contributed by atoms with Crippen molar-refractivity contribution < 1.29 is 9.59 Å². The van der Waals surface area contributed by atoms with Crippen LogP contribution in [0.3, 0.4) is 0 Å². The topological polar surface area (TPSA) is 71.1 Å². The fourth-order valence-corrected chi connectivity index (χ4v) is 4.12. The largest absolute Gasteiger partial charge is 0.326 e. The molecule has 1 aliphatic rings. The van der Waals surface area contributed by atoms with Crippen molar-refractivity contribution in [1.82, 2.24) is 4.98 Å². The molecule has 4 rings (SSSR count). The molecule has 0 unspecified atom stereocenters. The maximum absolute atomic E-state index is 12.2. The summed E-state index contributed by atoms with van der Waals surface area (Å²) in [5.41, 5.74) is 1.66. The van der Waals surface area contributed by atoms with Crippen LogP contribution in [0.25, 0.3) is 10.2 Å². The Morgan fingerprint density at radius 2 is 1.96 bits per heavy atom. The molecule has 1 aromatic heterocycles. The van der Waals surface area contributed by atoms with Gasteiger partial charge in [0.1, 0.15) is 0 Å². The molecule has 1 saturated carbocycles. The molecule has 1 heterocycles. The summed E-state index contributed by atoms with van der Waals surface area (Å²) >= 11 is 2.90. The van der Waals surface area contributed by atoms with E-state index in [0.717, 1.165) is 33.6 Å². The third-order valence-electron chi connectivity index (χ3n) is 3.96. The number of nitrogens with zero attached hydrogens (tertiary/aromatic N) is 1. The number of hydrogen-bond acceptors (Lipinski definition) is 5. The van der Waals surface area contributed by atoms with Gasteiger partial charge in [0, 0.05) is 16.5 Å². The highest BCUT2D eigenvalue weighted by Crippen LogP contribution is 2.31. The second-order valence-corrected chi connectivity index (χ2v) is 8.19. The number of thiazole rings is 1. The predicted octanol–water partition coefficient (Wildman–Crippen LogP) is 4.38. The molecule has 2 aromatic carbocycles. The number of carbonyl (C=O) groups excluding carboxylic acids is 2. The molecular weight excluding hydrogens is 366 g/mol. The van der Waals surface area contributed by atoms with Crippen molar-refractivity contribution in [2.75, 3.05) is 16.4 Å². The van der Waals surface area contributed by atoms with E-state index in [4.69, 9.17) is 0 Å². The van der Waals surface area contributed by atoms with Crippen LogP contribution >= 0.6 is 23.1 Å². The zero-order valence-corrected chi connectivity index (χ0v) is 15.5. The average molecular weight is 383 g/mol. The number of benzene rings is 2. The first-order chi connectivity index (χ1) is 12.7. The number of aromatic nitrogens is 1. The van der Waals surface area contributed by atoms with Crippen LogP contribution in [-0.2, 0) is 9.59 Å². The van der Waals surface area contributed by atoms with Crippen molar-refractivity contribution in [2.45, 2.75) is 17.7 Å². The van der Waals surface area contributed by atoms with Crippen LogP contribution in [0.5, 0.6) is 0 Å². The molecule has 0 bridgehead atoms. The molecule has 5 nitrogen and oxygen atoms in total. The van der Waals surface area contributed by atoms with E-state index in [1.165, 1.54) is 23.1 Å². The number of carbonyl (C=O) groups is 2. The number of nitrogens with one attached hydrogen (secondary N) is 2. The lowest BCUT2D eigenvalue weighted by Gasteiger charge is -2.07. The van der Waals surface area contributed by atoms with E-state index < -0.39 is 0 Å². The summed E-state index contributed by atoms with van der Waals surface area (Å²) < 4.78 is 1.05. The second-order valence-electron chi connectivity index (χ2n) is 6.11. The molecule has 1 fully saturated rings. The van der Waals surface area contributed by atoms with Gasteiger partial charge in [0.15, 0.2) is 5.13 Å². The quantitative estimate of drug-likeness (QED) is 0.620. The Hall–Kier alpha value is -2.38. The standard InChI is InChI=1S/C19H17N3O2S2/c23-17(22-19-21-15-6-1-2-7-16(15)26-19)11-25-14-5-3-4-13(10-14)20-18(24)12-8-9-12/h1-7,10,12H,8-9,11H2,(H,20,24)(H,21,22,23). The van der Waals surface area contributed by atoms with Gasteiger partial charge in [0.2, 0.25) is 11.8 Å². The number of amides is 2. The van der Waals surface area contributed by atoms with Gasteiger partial charge in [-0.1, -0.05) is 29.5 Å². The SMILES string of the molecule is O=C(CSc1cccc(NC(=O)C2CC2)c1)Nc1nc2ccccc2s1. The van der Waals surface area contributed by atoms with E-state index in [9.17, 15) is 9.59 Å². The van der Waals surface area contributed by atoms with Crippen LogP contribution in [0.2, 0.25) is 0 Å². The number of rotatable bonds is 6. The summed E-state index contributed by atoms with van der Waals surface area (Å²) in [4.78, 5) is 29.4. The molecule has 2 amide bonds. The van der Waals surface area contributed by atoms with Gasteiger partial charge >= 0.3 is 0 Å². The second kappa shape index (κ2) is 7.47. The van der Waals surface area contributed by atoms with Crippen molar-refractivity contribution in [3.05, 3.63) is 48.5 Å². The van der Waals surface area contributed by atoms with Crippen LogP contribution in [0.1, 0.15) is 12.8 Å². The van der Waals surface area contributed by atoms with Crippen LogP contribution < -0.4 is 10.6 Å².